The van der Waals surface area contributed by atoms with Gasteiger partial charge in [0.1, 0.15) is 0 Å². The molecule has 5 heteroatoms. The highest BCUT2D eigenvalue weighted by Gasteiger charge is 2.14. The molecule has 0 saturated heterocycles. The summed E-state index contributed by atoms with van der Waals surface area (Å²) in [4.78, 5) is 4.09. The van der Waals surface area contributed by atoms with Gasteiger partial charge in [-0.2, -0.15) is 0 Å². The number of pyridine rings is 1. The molecule has 102 valence electrons. The van der Waals surface area contributed by atoms with Crippen LogP contribution in [0.2, 0.25) is 0 Å². The molecule has 2 rings (SSSR count). The predicted octanol–water partition coefficient (Wildman–Crippen LogP) is 2.03. The Labute approximate surface area is 114 Å². The Kier molecular flexibility index (Phi) is 3.95. The lowest BCUT2D eigenvalue weighted by molar-refractivity contribution is 0.347. The molecule has 0 aromatic carbocycles. The fraction of sp³-hybridized carbons (Fsp3) is 0.500. The summed E-state index contributed by atoms with van der Waals surface area (Å²) in [6.07, 6.45) is 5.69. The summed E-state index contributed by atoms with van der Waals surface area (Å²) in [6, 6.07) is 2.04. The maximum absolute atomic E-state index is 4.17. The van der Waals surface area contributed by atoms with E-state index in [2.05, 4.69) is 48.3 Å². The molecule has 0 aliphatic heterocycles. The van der Waals surface area contributed by atoms with E-state index in [9.17, 15) is 0 Å². The maximum atomic E-state index is 4.17. The van der Waals surface area contributed by atoms with E-state index in [4.69, 9.17) is 0 Å². The topological polar surface area (TPSA) is 55.6 Å². The Bertz CT molecular complexity index is 539. The van der Waals surface area contributed by atoms with Crippen molar-refractivity contribution in [2.75, 3.05) is 0 Å². The zero-order chi connectivity index (χ0) is 13.9. The lowest BCUT2D eigenvalue weighted by Gasteiger charge is -2.17. The van der Waals surface area contributed by atoms with Crippen LogP contribution >= 0.6 is 0 Å². The highest BCUT2D eigenvalue weighted by atomic mass is 15.4. The van der Waals surface area contributed by atoms with Crippen LogP contribution < -0.4 is 5.32 Å². The summed E-state index contributed by atoms with van der Waals surface area (Å²) in [5.41, 5.74) is 3.40. The summed E-state index contributed by atoms with van der Waals surface area (Å²) < 4.78 is 1.89. The SMILES string of the molecule is Cc1cnccc1CNCc1cn(C(C)(C)C)nn1. The fourth-order valence-electron chi connectivity index (χ4n) is 1.73. The zero-order valence-electron chi connectivity index (χ0n) is 12.0. The van der Waals surface area contributed by atoms with Gasteiger partial charge in [0, 0.05) is 25.5 Å². The van der Waals surface area contributed by atoms with Gasteiger partial charge in [-0.15, -0.1) is 5.10 Å². The van der Waals surface area contributed by atoms with Gasteiger partial charge in [-0.3, -0.25) is 4.98 Å². The van der Waals surface area contributed by atoms with Crippen LogP contribution in [0.5, 0.6) is 0 Å². The van der Waals surface area contributed by atoms with E-state index in [0.29, 0.717) is 0 Å². The van der Waals surface area contributed by atoms with Gasteiger partial charge in [0.05, 0.1) is 17.4 Å². The molecule has 0 atom stereocenters. The summed E-state index contributed by atoms with van der Waals surface area (Å²) >= 11 is 0. The van der Waals surface area contributed by atoms with Gasteiger partial charge in [-0.1, -0.05) is 5.21 Å². The Morgan fingerprint density at radius 2 is 2.05 bits per heavy atom. The lowest BCUT2D eigenvalue weighted by Crippen LogP contribution is -2.22. The Hall–Kier alpha value is -1.75. The summed E-state index contributed by atoms with van der Waals surface area (Å²) in [5.74, 6) is 0. The molecule has 0 aliphatic carbocycles. The van der Waals surface area contributed by atoms with E-state index < -0.39 is 0 Å². The smallest absolute Gasteiger partial charge is 0.0965 e. The second-order valence-electron chi connectivity index (χ2n) is 5.73. The summed E-state index contributed by atoms with van der Waals surface area (Å²) in [5, 5.41) is 11.7. The third-order valence-corrected chi connectivity index (χ3v) is 2.99. The van der Waals surface area contributed by atoms with Gasteiger partial charge < -0.3 is 5.32 Å². The van der Waals surface area contributed by atoms with Gasteiger partial charge in [0.15, 0.2) is 0 Å². The average Bonchev–Trinajstić information content (AvgIpc) is 2.80. The largest absolute Gasteiger partial charge is 0.307 e. The van der Waals surface area contributed by atoms with Crippen molar-refractivity contribution >= 4 is 0 Å². The number of hydrogen-bond donors (Lipinski definition) is 1. The van der Waals surface area contributed by atoms with Crippen molar-refractivity contribution in [1.29, 1.82) is 0 Å². The van der Waals surface area contributed by atoms with Gasteiger partial charge in [0.25, 0.3) is 0 Å². The Balaban J connectivity index is 1.90. The molecule has 0 fully saturated rings. The van der Waals surface area contributed by atoms with Crippen LogP contribution in [-0.2, 0) is 18.6 Å². The zero-order valence-corrected chi connectivity index (χ0v) is 12.0. The Morgan fingerprint density at radius 3 is 2.68 bits per heavy atom. The minimum atomic E-state index is -0.0209. The monoisotopic (exact) mass is 259 g/mol. The normalized spacial score (nSPS) is 11.8. The highest BCUT2D eigenvalue weighted by Crippen LogP contribution is 2.11. The van der Waals surface area contributed by atoms with Crippen molar-refractivity contribution < 1.29 is 0 Å². The van der Waals surface area contributed by atoms with Gasteiger partial charge in [-0.05, 0) is 44.9 Å². The molecule has 19 heavy (non-hydrogen) atoms. The molecule has 5 nitrogen and oxygen atoms in total. The molecule has 1 N–H and O–H groups in total. The fourth-order valence-corrected chi connectivity index (χ4v) is 1.73. The quantitative estimate of drug-likeness (QED) is 0.912. The molecule has 0 saturated carbocycles. The third kappa shape index (κ3) is 3.61. The molecule has 2 heterocycles. The number of nitrogens with one attached hydrogen (secondary N) is 1. The van der Waals surface area contributed by atoms with Crippen molar-refractivity contribution in [2.24, 2.45) is 0 Å². The number of aryl methyl sites for hydroxylation is 1. The van der Waals surface area contributed by atoms with Gasteiger partial charge in [0.2, 0.25) is 0 Å². The molecule has 0 bridgehead atoms. The van der Waals surface area contributed by atoms with Crippen LogP contribution in [0.4, 0.5) is 0 Å². The van der Waals surface area contributed by atoms with E-state index in [-0.39, 0.29) is 5.54 Å². The molecule has 0 spiro atoms. The molecule has 2 aromatic heterocycles. The number of rotatable bonds is 4. The molecule has 0 amide bonds. The lowest BCUT2D eigenvalue weighted by atomic mass is 10.1. The standard InChI is InChI=1S/C14H21N5/c1-11-7-15-6-5-12(11)8-16-9-13-10-19(18-17-13)14(2,3)4/h5-7,10,16H,8-9H2,1-4H3. The van der Waals surface area contributed by atoms with Gasteiger partial charge >= 0.3 is 0 Å². The van der Waals surface area contributed by atoms with E-state index in [1.807, 2.05) is 29.3 Å². The minimum absolute atomic E-state index is 0.0209. The van der Waals surface area contributed by atoms with Gasteiger partial charge in [-0.25, -0.2) is 4.68 Å². The highest BCUT2D eigenvalue weighted by molar-refractivity contribution is 5.21. The number of nitrogens with zero attached hydrogens (tertiary/aromatic N) is 4. The van der Waals surface area contributed by atoms with E-state index in [1.54, 1.807) is 0 Å². The molecule has 2 aromatic rings. The van der Waals surface area contributed by atoms with Crippen molar-refractivity contribution in [3.05, 3.63) is 41.5 Å². The van der Waals surface area contributed by atoms with E-state index >= 15 is 0 Å². The first-order valence-corrected chi connectivity index (χ1v) is 6.49. The van der Waals surface area contributed by atoms with Crippen molar-refractivity contribution in [3.8, 4) is 0 Å². The predicted molar refractivity (Wildman–Crippen MR) is 74.5 cm³/mol. The second-order valence-corrected chi connectivity index (χ2v) is 5.73. The summed E-state index contributed by atoms with van der Waals surface area (Å²) in [6.45, 7) is 9.94. The van der Waals surface area contributed by atoms with Crippen molar-refractivity contribution in [2.45, 2.75) is 46.3 Å². The molecular weight excluding hydrogens is 238 g/mol. The molecular formula is C14H21N5. The van der Waals surface area contributed by atoms with Crippen LogP contribution in [0.25, 0.3) is 0 Å². The Morgan fingerprint density at radius 1 is 1.26 bits per heavy atom. The molecule has 0 unspecified atom stereocenters. The molecule has 0 aliphatic rings. The van der Waals surface area contributed by atoms with Crippen LogP contribution in [0, 0.1) is 6.92 Å². The summed E-state index contributed by atoms with van der Waals surface area (Å²) in [7, 11) is 0. The number of hydrogen-bond acceptors (Lipinski definition) is 4. The third-order valence-electron chi connectivity index (χ3n) is 2.99. The van der Waals surface area contributed by atoms with Crippen LogP contribution in [-0.4, -0.2) is 20.0 Å². The van der Waals surface area contributed by atoms with E-state index in [1.165, 1.54) is 11.1 Å². The average molecular weight is 259 g/mol. The first-order valence-electron chi connectivity index (χ1n) is 6.49. The van der Waals surface area contributed by atoms with Crippen LogP contribution in [0.3, 0.4) is 0 Å². The van der Waals surface area contributed by atoms with Crippen LogP contribution in [0.1, 0.15) is 37.6 Å². The van der Waals surface area contributed by atoms with Crippen molar-refractivity contribution in [1.82, 2.24) is 25.3 Å². The first-order chi connectivity index (χ1) is 8.97. The minimum Gasteiger partial charge on any atom is -0.307 e. The van der Waals surface area contributed by atoms with Crippen LogP contribution in [0.15, 0.2) is 24.7 Å². The van der Waals surface area contributed by atoms with E-state index in [0.717, 1.165) is 18.8 Å². The first kappa shape index (κ1) is 13.7. The maximum Gasteiger partial charge on any atom is 0.0965 e. The number of aromatic nitrogens is 4. The van der Waals surface area contributed by atoms with Crippen molar-refractivity contribution in [3.63, 3.8) is 0 Å². The molecule has 0 radical (unpaired) electrons. The second kappa shape index (κ2) is 5.48.